The number of amides is 1. The molecule has 0 aliphatic carbocycles. The van der Waals surface area contributed by atoms with Crippen molar-refractivity contribution in [2.24, 2.45) is 5.10 Å². The number of rotatable bonds is 3. The van der Waals surface area contributed by atoms with Crippen LogP contribution in [-0.2, 0) is 0 Å². The van der Waals surface area contributed by atoms with Crippen molar-refractivity contribution in [2.75, 3.05) is 0 Å². The third-order valence-corrected chi connectivity index (χ3v) is 3.97. The molecule has 0 aliphatic heterocycles. The molecule has 3 rings (SSSR count). The topological polar surface area (TPSA) is 61.7 Å². The number of benzene rings is 3. The minimum atomic E-state index is -0.439. The SMILES string of the molecule is C/C(=N/NC(=O)c1cc2ccccc2cc1O)c1ccccc1C. The molecular weight excluding hydrogens is 300 g/mol. The molecule has 0 unspecified atom stereocenters. The molecular formula is C20H18N2O2. The van der Waals surface area contributed by atoms with Crippen LogP contribution in [0.1, 0.15) is 28.4 Å². The Morgan fingerprint density at radius 2 is 1.58 bits per heavy atom. The van der Waals surface area contributed by atoms with Gasteiger partial charge in [0.15, 0.2) is 0 Å². The van der Waals surface area contributed by atoms with Crippen LogP contribution in [0.2, 0.25) is 0 Å². The van der Waals surface area contributed by atoms with E-state index in [1.165, 1.54) is 0 Å². The van der Waals surface area contributed by atoms with Crippen LogP contribution in [0, 0.1) is 6.92 Å². The molecule has 0 aromatic heterocycles. The summed E-state index contributed by atoms with van der Waals surface area (Å²) in [5, 5.41) is 16.0. The average molecular weight is 318 g/mol. The van der Waals surface area contributed by atoms with Crippen molar-refractivity contribution in [2.45, 2.75) is 13.8 Å². The molecule has 0 aliphatic rings. The normalized spacial score (nSPS) is 11.5. The Bertz CT molecular complexity index is 945. The van der Waals surface area contributed by atoms with Crippen molar-refractivity contribution < 1.29 is 9.90 Å². The molecule has 3 aromatic carbocycles. The molecule has 0 heterocycles. The number of aryl methyl sites for hydroxylation is 1. The summed E-state index contributed by atoms with van der Waals surface area (Å²) in [6.07, 6.45) is 0. The molecule has 1 amide bonds. The highest BCUT2D eigenvalue weighted by Gasteiger charge is 2.12. The van der Waals surface area contributed by atoms with Crippen LogP contribution in [0.4, 0.5) is 0 Å². The second-order valence-electron chi connectivity index (χ2n) is 5.67. The summed E-state index contributed by atoms with van der Waals surface area (Å²) < 4.78 is 0. The fourth-order valence-corrected chi connectivity index (χ4v) is 2.64. The molecule has 0 saturated carbocycles. The van der Waals surface area contributed by atoms with Gasteiger partial charge >= 0.3 is 0 Å². The fraction of sp³-hybridized carbons (Fsp3) is 0.100. The second-order valence-corrected chi connectivity index (χ2v) is 5.67. The predicted octanol–water partition coefficient (Wildman–Crippen LogP) is 4.01. The van der Waals surface area contributed by atoms with Gasteiger partial charge in [0.25, 0.3) is 5.91 Å². The summed E-state index contributed by atoms with van der Waals surface area (Å²) in [7, 11) is 0. The Hall–Kier alpha value is -3.14. The summed E-state index contributed by atoms with van der Waals surface area (Å²) in [6.45, 7) is 3.83. The van der Waals surface area contributed by atoms with Crippen LogP contribution in [-0.4, -0.2) is 16.7 Å². The fourth-order valence-electron chi connectivity index (χ4n) is 2.64. The number of phenolic OH excluding ortho intramolecular Hbond substituents is 1. The van der Waals surface area contributed by atoms with Crippen LogP contribution in [0.15, 0.2) is 65.8 Å². The van der Waals surface area contributed by atoms with Crippen molar-refractivity contribution in [3.8, 4) is 5.75 Å². The molecule has 0 bridgehead atoms. The number of nitrogens with one attached hydrogen (secondary N) is 1. The number of carbonyl (C=O) groups is 1. The molecule has 0 spiro atoms. The summed E-state index contributed by atoms with van der Waals surface area (Å²) >= 11 is 0. The zero-order valence-corrected chi connectivity index (χ0v) is 13.6. The monoisotopic (exact) mass is 318 g/mol. The second kappa shape index (κ2) is 6.54. The molecule has 0 saturated heterocycles. The first-order valence-corrected chi connectivity index (χ1v) is 7.68. The molecule has 0 radical (unpaired) electrons. The number of hydrogen-bond acceptors (Lipinski definition) is 3. The molecule has 3 aromatic rings. The van der Waals surface area contributed by atoms with Crippen molar-refractivity contribution in [1.82, 2.24) is 5.43 Å². The van der Waals surface area contributed by atoms with Gasteiger partial charge in [0.1, 0.15) is 5.75 Å². The van der Waals surface area contributed by atoms with Crippen LogP contribution >= 0.6 is 0 Å². The van der Waals surface area contributed by atoms with Crippen molar-refractivity contribution >= 4 is 22.4 Å². The Kier molecular flexibility index (Phi) is 4.29. The first kappa shape index (κ1) is 15.7. The third kappa shape index (κ3) is 3.13. The number of fused-ring (bicyclic) bond motifs is 1. The number of phenols is 1. The lowest BCUT2D eigenvalue weighted by Crippen LogP contribution is -2.19. The van der Waals surface area contributed by atoms with Gasteiger partial charge in [-0.1, -0.05) is 48.5 Å². The average Bonchev–Trinajstić information content (AvgIpc) is 2.59. The summed E-state index contributed by atoms with van der Waals surface area (Å²) in [4.78, 5) is 12.4. The van der Waals surface area contributed by atoms with Gasteiger partial charge in [-0.25, -0.2) is 5.43 Å². The smallest absolute Gasteiger partial charge is 0.275 e. The van der Waals surface area contributed by atoms with Crippen LogP contribution in [0.3, 0.4) is 0 Å². The van der Waals surface area contributed by atoms with Gasteiger partial charge < -0.3 is 5.11 Å². The Morgan fingerprint density at radius 1 is 0.958 bits per heavy atom. The van der Waals surface area contributed by atoms with Crippen LogP contribution < -0.4 is 5.43 Å². The zero-order valence-electron chi connectivity index (χ0n) is 13.6. The number of nitrogens with zero attached hydrogens (tertiary/aromatic N) is 1. The molecule has 2 N–H and O–H groups in total. The lowest BCUT2D eigenvalue weighted by atomic mass is 10.1. The molecule has 4 nitrogen and oxygen atoms in total. The highest BCUT2D eigenvalue weighted by Crippen LogP contribution is 2.24. The number of aromatic hydroxyl groups is 1. The van der Waals surface area contributed by atoms with Crippen molar-refractivity contribution in [1.29, 1.82) is 0 Å². The standard InChI is InChI=1S/C20H18N2O2/c1-13-7-3-6-10-17(13)14(2)21-22-20(24)18-11-15-8-4-5-9-16(15)12-19(18)23/h3-12,23H,1-2H3,(H,22,24)/b21-14-. The summed E-state index contributed by atoms with van der Waals surface area (Å²) in [6, 6.07) is 18.6. The predicted molar refractivity (Wildman–Crippen MR) is 96.5 cm³/mol. The first-order chi connectivity index (χ1) is 11.6. The van der Waals surface area contributed by atoms with E-state index in [1.807, 2.05) is 62.4 Å². The summed E-state index contributed by atoms with van der Waals surface area (Å²) in [5.41, 5.74) is 5.49. The highest BCUT2D eigenvalue weighted by atomic mass is 16.3. The van der Waals surface area contributed by atoms with Gasteiger partial charge in [0.05, 0.1) is 11.3 Å². The number of hydrogen-bond donors (Lipinski definition) is 2. The van der Waals surface area contributed by atoms with E-state index in [9.17, 15) is 9.90 Å². The molecule has 120 valence electrons. The Morgan fingerprint density at radius 3 is 2.29 bits per heavy atom. The van der Waals surface area contributed by atoms with E-state index < -0.39 is 5.91 Å². The molecule has 4 heteroatoms. The minimum Gasteiger partial charge on any atom is -0.507 e. The largest absolute Gasteiger partial charge is 0.507 e. The maximum atomic E-state index is 12.4. The molecule has 24 heavy (non-hydrogen) atoms. The first-order valence-electron chi connectivity index (χ1n) is 7.68. The lowest BCUT2D eigenvalue weighted by molar-refractivity contribution is 0.0952. The molecule has 0 fully saturated rings. The third-order valence-electron chi connectivity index (χ3n) is 3.97. The molecule has 0 atom stereocenters. The van der Waals surface area contributed by atoms with Gasteiger partial charge in [0, 0.05) is 5.56 Å². The quantitative estimate of drug-likeness (QED) is 0.566. The van der Waals surface area contributed by atoms with Gasteiger partial charge in [-0.2, -0.15) is 5.10 Å². The van der Waals surface area contributed by atoms with Crippen molar-refractivity contribution in [3.05, 3.63) is 77.4 Å². The number of hydrazone groups is 1. The summed E-state index contributed by atoms with van der Waals surface area (Å²) in [5.74, 6) is -0.499. The lowest BCUT2D eigenvalue weighted by Gasteiger charge is -2.08. The van der Waals surface area contributed by atoms with E-state index >= 15 is 0 Å². The van der Waals surface area contributed by atoms with E-state index in [0.717, 1.165) is 21.9 Å². The van der Waals surface area contributed by atoms with Crippen molar-refractivity contribution in [3.63, 3.8) is 0 Å². The van der Waals surface area contributed by atoms with Crippen LogP contribution in [0.5, 0.6) is 5.75 Å². The highest BCUT2D eigenvalue weighted by molar-refractivity contribution is 6.04. The van der Waals surface area contributed by atoms with E-state index in [4.69, 9.17) is 0 Å². The Labute approximate surface area is 140 Å². The van der Waals surface area contributed by atoms with Gasteiger partial charge in [-0.05, 0) is 42.3 Å². The van der Waals surface area contributed by atoms with E-state index in [2.05, 4.69) is 10.5 Å². The van der Waals surface area contributed by atoms with E-state index in [1.54, 1.807) is 12.1 Å². The zero-order chi connectivity index (χ0) is 17.1. The van der Waals surface area contributed by atoms with Gasteiger partial charge in [0.2, 0.25) is 0 Å². The minimum absolute atomic E-state index is 0.0602. The van der Waals surface area contributed by atoms with Crippen LogP contribution in [0.25, 0.3) is 10.8 Å². The maximum absolute atomic E-state index is 12.4. The van der Waals surface area contributed by atoms with E-state index in [0.29, 0.717) is 5.71 Å². The Balaban J connectivity index is 1.86. The van der Waals surface area contributed by atoms with Gasteiger partial charge in [-0.15, -0.1) is 0 Å². The van der Waals surface area contributed by atoms with E-state index in [-0.39, 0.29) is 11.3 Å². The maximum Gasteiger partial charge on any atom is 0.275 e. The van der Waals surface area contributed by atoms with Gasteiger partial charge in [-0.3, -0.25) is 4.79 Å². The number of carbonyl (C=O) groups excluding carboxylic acids is 1.